The fourth-order valence-electron chi connectivity index (χ4n) is 0.960. The quantitative estimate of drug-likeness (QED) is 0.384. The minimum Gasteiger partial charge on any atom is -0.394 e. The summed E-state index contributed by atoms with van der Waals surface area (Å²) in [6, 6.07) is 0. The van der Waals surface area contributed by atoms with Crippen LogP contribution in [0.2, 0.25) is 0 Å². The first-order valence-electron chi connectivity index (χ1n) is 5.37. The summed E-state index contributed by atoms with van der Waals surface area (Å²) in [5.41, 5.74) is 0. The van der Waals surface area contributed by atoms with Crippen LogP contribution >= 0.6 is 0 Å². The maximum Gasteiger partial charge on any atom is 0.154 e. The summed E-state index contributed by atoms with van der Waals surface area (Å²) in [4.78, 5) is 0. The van der Waals surface area contributed by atoms with E-state index in [9.17, 15) is 5.11 Å². The molecule has 0 aliphatic carbocycles. The molecule has 0 bridgehead atoms. The van der Waals surface area contributed by atoms with E-state index in [0.717, 1.165) is 6.42 Å². The molecule has 0 aliphatic rings. The van der Waals surface area contributed by atoms with Crippen molar-refractivity contribution in [2.45, 2.75) is 26.1 Å². The van der Waals surface area contributed by atoms with Gasteiger partial charge in [0.25, 0.3) is 0 Å². The molecule has 15 heavy (non-hydrogen) atoms. The van der Waals surface area contributed by atoms with Gasteiger partial charge in [-0.05, 0) is 6.42 Å². The average Bonchev–Trinajstić information content (AvgIpc) is 2.22. The molecule has 0 saturated heterocycles. The number of hydrogen-bond donors (Lipinski definition) is 2. The number of rotatable bonds is 11. The Bertz CT molecular complexity index is 120. The van der Waals surface area contributed by atoms with Crippen molar-refractivity contribution in [3.8, 4) is 0 Å². The van der Waals surface area contributed by atoms with Crippen molar-refractivity contribution in [3.05, 3.63) is 0 Å². The largest absolute Gasteiger partial charge is 0.394 e. The van der Waals surface area contributed by atoms with Gasteiger partial charge in [0.1, 0.15) is 0 Å². The van der Waals surface area contributed by atoms with Gasteiger partial charge in [0.15, 0.2) is 6.29 Å². The van der Waals surface area contributed by atoms with Gasteiger partial charge in [-0.15, -0.1) is 0 Å². The predicted octanol–water partition coefficient (Wildman–Crippen LogP) is 0.147. The van der Waals surface area contributed by atoms with Crippen LogP contribution in [-0.4, -0.2) is 56.1 Å². The van der Waals surface area contributed by atoms with Crippen LogP contribution in [0.3, 0.4) is 0 Å². The zero-order valence-electron chi connectivity index (χ0n) is 9.35. The summed E-state index contributed by atoms with van der Waals surface area (Å²) in [5, 5.41) is 17.6. The molecule has 0 aromatic heterocycles. The molecule has 0 spiro atoms. The Kier molecular flexibility index (Phi) is 11.7. The summed E-state index contributed by atoms with van der Waals surface area (Å²) < 4.78 is 15.2. The van der Waals surface area contributed by atoms with Crippen LogP contribution in [0.1, 0.15) is 19.8 Å². The van der Waals surface area contributed by atoms with Crippen LogP contribution in [0.5, 0.6) is 0 Å². The first-order chi connectivity index (χ1) is 7.31. The highest BCUT2D eigenvalue weighted by atomic mass is 16.6. The summed E-state index contributed by atoms with van der Waals surface area (Å²) in [6.45, 7) is 4.15. The Morgan fingerprint density at radius 3 is 2.20 bits per heavy atom. The smallest absolute Gasteiger partial charge is 0.154 e. The lowest BCUT2D eigenvalue weighted by molar-refractivity contribution is -0.117. The topological polar surface area (TPSA) is 68.2 Å². The highest BCUT2D eigenvalue weighted by Crippen LogP contribution is 1.97. The van der Waals surface area contributed by atoms with E-state index in [2.05, 4.69) is 0 Å². The maximum atomic E-state index is 9.19. The molecule has 5 nitrogen and oxygen atoms in total. The van der Waals surface area contributed by atoms with Gasteiger partial charge in [-0.1, -0.05) is 13.3 Å². The van der Waals surface area contributed by atoms with Gasteiger partial charge >= 0.3 is 0 Å². The molecule has 0 amide bonds. The van der Waals surface area contributed by atoms with Crippen LogP contribution in [-0.2, 0) is 14.2 Å². The molecule has 0 radical (unpaired) electrons. The molecule has 0 rings (SSSR count). The maximum absolute atomic E-state index is 9.19. The van der Waals surface area contributed by atoms with Gasteiger partial charge in [-0.2, -0.15) is 0 Å². The van der Waals surface area contributed by atoms with Crippen LogP contribution < -0.4 is 0 Å². The lowest BCUT2D eigenvalue weighted by Crippen LogP contribution is -2.16. The third-order valence-corrected chi connectivity index (χ3v) is 1.68. The molecule has 0 aliphatic heterocycles. The molecule has 92 valence electrons. The van der Waals surface area contributed by atoms with E-state index < -0.39 is 6.29 Å². The minimum absolute atomic E-state index is 0.0340. The highest BCUT2D eigenvalue weighted by molar-refractivity contribution is 4.40. The Morgan fingerprint density at radius 1 is 1.00 bits per heavy atom. The average molecular weight is 222 g/mol. The van der Waals surface area contributed by atoms with Crippen molar-refractivity contribution in [2.24, 2.45) is 0 Å². The monoisotopic (exact) mass is 222 g/mol. The molecule has 5 heteroatoms. The summed E-state index contributed by atoms with van der Waals surface area (Å²) in [6.07, 6.45) is 0.876. The first-order valence-corrected chi connectivity index (χ1v) is 5.37. The Balaban J connectivity index is 2.98. The lowest BCUT2D eigenvalue weighted by atomic mass is 10.3. The van der Waals surface area contributed by atoms with Crippen molar-refractivity contribution in [3.63, 3.8) is 0 Å². The number of hydrogen-bond acceptors (Lipinski definition) is 5. The third kappa shape index (κ3) is 11.7. The van der Waals surface area contributed by atoms with Crippen LogP contribution in [0.15, 0.2) is 0 Å². The summed E-state index contributed by atoms with van der Waals surface area (Å²) >= 11 is 0. The van der Waals surface area contributed by atoms with Crippen LogP contribution in [0, 0.1) is 0 Å². The van der Waals surface area contributed by atoms with E-state index >= 15 is 0 Å². The molecule has 0 fully saturated rings. The van der Waals surface area contributed by atoms with Crippen molar-refractivity contribution in [2.75, 3.05) is 39.6 Å². The van der Waals surface area contributed by atoms with Gasteiger partial charge in [0, 0.05) is 0 Å². The minimum atomic E-state index is -0.677. The molecule has 0 saturated carbocycles. The lowest BCUT2D eigenvalue weighted by Gasteiger charge is -2.10. The zero-order chi connectivity index (χ0) is 11.4. The van der Waals surface area contributed by atoms with Gasteiger partial charge in [-0.3, -0.25) is 0 Å². The molecule has 1 unspecified atom stereocenters. The van der Waals surface area contributed by atoms with Crippen molar-refractivity contribution in [1.29, 1.82) is 0 Å². The molecular formula is C10H22O5. The first kappa shape index (κ1) is 14.8. The molecule has 1 atom stereocenters. The summed E-state index contributed by atoms with van der Waals surface area (Å²) in [7, 11) is 0. The predicted molar refractivity (Wildman–Crippen MR) is 55.6 cm³/mol. The van der Waals surface area contributed by atoms with Gasteiger partial charge in [0.05, 0.1) is 39.6 Å². The fraction of sp³-hybridized carbons (Fsp3) is 1.00. The van der Waals surface area contributed by atoms with Gasteiger partial charge in [-0.25, -0.2) is 0 Å². The third-order valence-electron chi connectivity index (χ3n) is 1.68. The van der Waals surface area contributed by atoms with E-state index in [-0.39, 0.29) is 6.61 Å². The fourth-order valence-corrected chi connectivity index (χ4v) is 0.960. The number of aliphatic hydroxyl groups is 2. The van der Waals surface area contributed by atoms with Gasteiger partial charge in [0.2, 0.25) is 0 Å². The Labute approximate surface area is 91.0 Å². The Hall–Kier alpha value is -0.200. The molecule has 2 N–H and O–H groups in total. The molecule has 0 aromatic carbocycles. The van der Waals surface area contributed by atoms with Crippen LogP contribution in [0.25, 0.3) is 0 Å². The standard InChI is InChI=1S/C10H22O5/c1-2-3-10(12)15-9-8-14-7-6-13-5-4-11/h10-12H,2-9H2,1H3. The highest BCUT2D eigenvalue weighted by Gasteiger charge is 2.00. The van der Waals surface area contributed by atoms with Crippen LogP contribution in [0.4, 0.5) is 0 Å². The van der Waals surface area contributed by atoms with E-state index in [1.54, 1.807) is 0 Å². The van der Waals surface area contributed by atoms with E-state index in [4.69, 9.17) is 19.3 Å². The second-order valence-corrected chi connectivity index (χ2v) is 3.06. The van der Waals surface area contributed by atoms with E-state index in [0.29, 0.717) is 39.5 Å². The number of ether oxygens (including phenoxy) is 3. The summed E-state index contributed by atoms with van der Waals surface area (Å²) in [5.74, 6) is 0. The van der Waals surface area contributed by atoms with Crippen molar-refractivity contribution in [1.82, 2.24) is 0 Å². The van der Waals surface area contributed by atoms with Crippen molar-refractivity contribution < 1.29 is 24.4 Å². The van der Waals surface area contributed by atoms with Gasteiger partial charge < -0.3 is 24.4 Å². The SMILES string of the molecule is CCCC(O)OCCOCCOCCO. The molecule has 0 heterocycles. The second kappa shape index (κ2) is 11.9. The van der Waals surface area contributed by atoms with E-state index in [1.807, 2.05) is 6.92 Å². The normalized spacial score (nSPS) is 13.0. The van der Waals surface area contributed by atoms with Crippen molar-refractivity contribution >= 4 is 0 Å². The zero-order valence-corrected chi connectivity index (χ0v) is 9.35. The number of aliphatic hydroxyl groups excluding tert-OH is 2. The molecule has 0 aromatic rings. The second-order valence-electron chi connectivity index (χ2n) is 3.06. The molecular weight excluding hydrogens is 200 g/mol. The Morgan fingerprint density at radius 2 is 1.60 bits per heavy atom. The van der Waals surface area contributed by atoms with E-state index in [1.165, 1.54) is 0 Å².